The van der Waals surface area contributed by atoms with Crippen LogP contribution in [0.1, 0.15) is 36.5 Å². The lowest BCUT2D eigenvalue weighted by molar-refractivity contribution is -0.136. The number of aliphatic carboxylic acids is 1. The Balaban J connectivity index is 1.69. The minimum atomic E-state index is -0.772. The van der Waals surface area contributed by atoms with Gasteiger partial charge in [-0.25, -0.2) is 0 Å². The second-order valence-corrected chi connectivity index (χ2v) is 7.83. The number of hydrogen-bond donors (Lipinski definition) is 1. The van der Waals surface area contributed by atoms with Crippen molar-refractivity contribution in [1.29, 1.82) is 0 Å². The van der Waals surface area contributed by atoms with E-state index >= 15 is 0 Å². The summed E-state index contributed by atoms with van der Waals surface area (Å²) in [7, 11) is 0. The average molecular weight is 418 g/mol. The Morgan fingerprint density at radius 3 is 2.68 bits per heavy atom. The molecule has 0 fully saturated rings. The minimum absolute atomic E-state index is 0.150. The van der Waals surface area contributed by atoms with E-state index in [0.717, 1.165) is 48.4 Å². The van der Waals surface area contributed by atoms with E-state index in [4.69, 9.17) is 9.84 Å². The predicted octanol–water partition coefficient (Wildman–Crippen LogP) is 5.72. The van der Waals surface area contributed by atoms with E-state index in [1.807, 2.05) is 55.5 Å². The molecule has 2 aromatic carbocycles. The van der Waals surface area contributed by atoms with Gasteiger partial charge in [0.2, 0.25) is 0 Å². The lowest BCUT2D eigenvalue weighted by Crippen LogP contribution is -2.31. The van der Waals surface area contributed by atoms with Crippen LogP contribution >= 0.6 is 0 Å². The summed E-state index contributed by atoms with van der Waals surface area (Å²) in [4.78, 5) is 13.1. The second-order valence-electron chi connectivity index (χ2n) is 7.83. The number of benzene rings is 2. The van der Waals surface area contributed by atoms with Gasteiger partial charge in [-0.1, -0.05) is 67.3 Å². The molecule has 31 heavy (non-hydrogen) atoms. The lowest BCUT2D eigenvalue weighted by atomic mass is 10.00. The predicted molar refractivity (Wildman–Crippen MR) is 127 cm³/mol. The fraction of sp³-hybridized carbons (Fsp3) is 0.296. The molecule has 4 nitrogen and oxygen atoms in total. The van der Waals surface area contributed by atoms with Gasteiger partial charge in [0.1, 0.15) is 12.4 Å². The number of allylic oxidation sites excluding steroid dienone is 3. The van der Waals surface area contributed by atoms with Gasteiger partial charge in [0.05, 0.1) is 5.69 Å². The number of carboxylic acids is 1. The van der Waals surface area contributed by atoms with Crippen molar-refractivity contribution >= 4 is 11.7 Å². The molecule has 1 aliphatic rings. The van der Waals surface area contributed by atoms with Crippen molar-refractivity contribution in [2.24, 2.45) is 0 Å². The number of aryl methyl sites for hydroxylation is 2. The zero-order chi connectivity index (χ0) is 22.1. The van der Waals surface area contributed by atoms with E-state index in [1.54, 1.807) is 0 Å². The first-order valence-electron chi connectivity index (χ1n) is 10.8. The number of rotatable bonds is 10. The summed E-state index contributed by atoms with van der Waals surface area (Å²) in [5.41, 5.74) is 5.65. The summed E-state index contributed by atoms with van der Waals surface area (Å²) in [6, 6.07) is 14.3. The van der Waals surface area contributed by atoms with Crippen LogP contribution in [0.4, 0.5) is 5.69 Å². The molecule has 0 atom stereocenters. The van der Waals surface area contributed by atoms with E-state index in [2.05, 4.69) is 29.7 Å². The van der Waals surface area contributed by atoms with Gasteiger partial charge in [-0.2, -0.15) is 0 Å². The van der Waals surface area contributed by atoms with Gasteiger partial charge >= 0.3 is 5.97 Å². The molecule has 4 heteroatoms. The molecule has 0 radical (unpaired) electrons. The zero-order valence-corrected chi connectivity index (χ0v) is 18.2. The van der Waals surface area contributed by atoms with Crippen molar-refractivity contribution in [3.8, 4) is 5.75 Å². The molecule has 0 amide bonds. The lowest BCUT2D eigenvalue weighted by Gasteiger charge is -2.33. The maximum absolute atomic E-state index is 10.7. The van der Waals surface area contributed by atoms with Gasteiger partial charge in [-0.3, -0.25) is 4.79 Å². The molecule has 1 N–H and O–H groups in total. The highest BCUT2D eigenvalue weighted by atomic mass is 16.5. The van der Waals surface area contributed by atoms with Crippen molar-refractivity contribution in [2.45, 2.75) is 39.2 Å². The van der Waals surface area contributed by atoms with E-state index in [-0.39, 0.29) is 6.42 Å². The van der Waals surface area contributed by atoms with Gasteiger partial charge in [0.25, 0.3) is 0 Å². The summed E-state index contributed by atoms with van der Waals surface area (Å²) in [6.45, 7) is 8.46. The summed E-state index contributed by atoms with van der Waals surface area (Å²) in [6.07, 6.45) is 11.0. The molecule has 0 bridgehead atoms. The van der Waals surface area contributed by atoms with Crippen molar-refractivity contribution in [3.63, 3.8) is 0 Å². The molecule has 3 rings (SSSR count). The van der Waals surface area contributed by atoms with E-state index in [0.29, 0.717) is 13.0 Å². The van der Waals surface area contributed by atoms with Crippen LogP contribution in [0.3, 0.4) is 0 Å². The van der Waals surface area contributed by atoms with Crippen LogP contribution in [0, 0.1) is 0 Å². The first-order valence-corrected chi connectivity index (χ1v) is 10.8. The molecule has 2 aromatic rings. The summed E-state index contributed by atoms with van der Waals surface area (Å²) in [5.74, 6) is 0.128. The molecule has 0 aromatic heterocycles. The number of anilines is 1. The van der Waals surface area contributed by atoms with Crippen LogP contribution in [0.15, 0.2) is 78.9 Å². The maximum atomic E-state index is 10.7. The van der Waals surface area contributed by atoms with E-state index in [9.17, 15) is 4.79 Å². The third kappa shape index (κ3) is 6.61. The summed E-state index contributed by atoms with van der Waals surface area (Å²) < 4.78 is 6.24. The van der Waals surface area contributed by atoms with Gasteiger partial charge in [0.15, 0.2) is 0 Å². The fourth-order valence-electron chi connectivity index (χ4n) is 3.79. The number of ether oxygens (including phenoxy) is 1. The van der Waals surface area contributed by atoms with Crippen LogP contribution in [-0.2, 0) is 24.2 Å². The van der Waals surface area contributed by atoms with Crippen LogP contribution < -0.4 is 9.64 Å². The highest BCUT2D eigenvalue weighted by Crippen LogP contribution is 2.37. The first kappa shape index (κ1) is 22.4. The Labute approximate surface area is 185 Å². The standard InChI is InChI=1S/C27H31NO3/c1-3-4-5-8-21(2)19-28-18-7-10-24-9-6-11-25(27(24)28)31-20-23-14-12-22(13-15-23)16-17-26(29)30/h3-6,8-9,11-15H,2,7,10,16-20H2,1H3,(H,29,30)/b4-3+,8-5-. The smallest absolute Gasteiger partial charge is 0.303 e. The Kier molecular flexibility index (Phi) is 8.11. The third-order valence-electron chi connectivity index (χ3n) is 5.35. The Morgan fingerprint density at radius 1 is 1.16 bits per heavy atom. The highest BCUT2D eigenvalue weighted by molar-refractivity contribution is 5.67. The van der Waals surface area contributed by atoms with Gasteiger partial charge in [-0.15, -0.1) is 0 Å². The summed E-state index contributed by atoms with van der Waals surface area (Å²) in [5, 5.41) is 8.83. The number of hydrogen-bond acceptors (Lipinski definition) is 3. The second kappa shape index (κ2) is 11.2. The molecule has 162 valence electrons. The largest absolute Gasteiger partial charge is 0.487 e. The Morgan fingerprint density at radius 2 is 1.94 bits per heavy atom. The Bertz CT molecular complexity index is 957. The molecule has 0 saturated carbocycles. The van der Waals surface area contributed by atoms with Gasteiger partial charge < -0.3 is 14.7 Å². The zero-order valence-electron chi connectivity index (χ0n) is 18.2. The number of carbonyl (C=O) groups is 1. The number of carboxylic acid groups (broad SMARTS) is 1. The van der Waals surface area contributed by atoms with E-state index < -0.39 is 5.97 Å². The van der Waals surface area contributed by atoms with Crippen LogP contribution in [0.5, 0.6) is 5.75 Å². The summed E-state index contributed by atoms with van der Waals surface area (Å²) >= 11 is 0. The first-order chi connectivity index (χ1) is 15.1. The quantitative estimate of drug-likeness (QED) is 0.502. The number of fused-ring (bicyclic) bond motifs is 1. The molecule has 1 heterocycles. The molecule has 0 spiro atoms. The number of para-hydroxylation sites is 1. The molecule has 0 unspecified atom stereocenters. The van der Waals surface area contributed by atoms with Crippen LogP contribution in [0.25, 0.3) is 0 Å². The van der Waals surface area contributed by atoms with Gasteiger partial charge in [-0.05, 0) is 54.5 Å². The highest BCUT2D eigenvalue weighted by Gasteiger charge is 2.21. The fourth-order valence-corrected chi connectivity index (χ4v) is 3.79. The van der Waals surface area contributed by atoms with Gasteiger partial charge in [0, 0.05) is 19.5 Å². The Hall–Kier alpha value is -3.27. The molecular formula is C27H31NO3. The van der Waals surface area contributed by atoms with Crippen molar-refractivity contribution in [2.75, 3.05) is 18.0 Å². The monoisotopic (exact) mass is 417 g/mol. The van der Waals surface area contributed by atoms with Crippen molar-refractivity contribution in [3.05, 3.63) is 95.6 Å². The molecule has 1 aliphatic heterocycles. The van der Waals surface area contributed by atoms with Crippen molar-refractivity contribution < 1.29 is 14.6 Å². The normalized spacial score (nSPS) is 13.5. The maximum Gasteiger partial charge on any atom is 0.303 e. The minimum Gasteiger partial charge on any atom is -0.487 e. The molecule has 0 aliphatic carbocycles. The van der Waals surface area contributed by atoms with Crippen LogP contribution in [0.2, 0.25) is 0 Å². The topological polar surface area (TPSA) is 49.8 Å². The number of nitrogens with zero attached hydrogens (tertiary/aromatic N) is 1. The third-order valence-corrected chi connectivity index (χ3v) is 5.35. The molecule has 0 saturated heterocycles. The average Bonchev–Trinajstić information content (AvgIpc) is 2.77. The van der Waals surface area contributed by atoms with Crippen LogP contribution in [-0.4, -0.2) is 24.2 Å². The van der Waals surface area contributed by atoms with Crippen molar-refractivity contribution in [1.82, 2.24) is 0 Å². The molecular weight excluding hydrogens is 386 g/mol. The SMILES string of the molecule is C=C(/C=C\C=C\C)CN1CCCc2cccc(OCc3ccc(CCC(=O)O)cc3)c21. The van der Waals surface area contributed by atoms with E-state index in [1.165, 1.54) is 11.3 Å².